The van der Waals surface area contributed by atoms with Gasteiger partial charge in [0.15, 0.2) is 6.35 Å². The average Bonchev–Trinajstić information content (AvgIpc) is 3.07. The minimum atomic E-state index is -0.773. The van der Waals surface area contributed by atoms with E-state index in [4.69, 9.17) is 4.74 Å². The fourth-order valence-corrected chi connectivity index (χ4v) is 3.40. The molecule has 6 heteroatoms. The Kier molecular flexibility index (Phi) is 8.95. The molecule has 142 valence electrons. The molecule has 0 radical (unpaired) electrons. The number of methoxy groups -OCH3 is 1. The molecule has 1 saturated heterocycles. The minimum Gasteiger partial charge on any atom is -0.501 e. The Labute approximate surface area is 175 Å². The van der Waals surface area contributed by atoms with Crippen molar-refractivity contribution in [2.24, 2.45) is 0 Å². The summed E-state index contributed by atoms with van der Waals surface area (Å²) in [5.74, 6) is 2.58. The number of nitrogens with one attached hydrogen (secondary N) is 2. The van der Waals surface area contributed by atoms with E-state index in [1.54, 1.807) is 13.0 Å². The number of anilines is 1. The number of aliphatic hydroxyl groups is 1. The standard InChI is InChI=1S/C21H30N3O2.Li/c1-16-11-12-24(14-16)15-18-3-7-19(8-4-18)23-21(25)22-13-17-5-9-20(26-2)10-6-17;/h3-5,7-9,21-23,25H,6,10-15H2,1-2H3;/q-1;+1. The van der Waals surface area contributed by atoms with E-state index in [1.165, 1.54) is 17.6 Å². The van der Waals surface area contributed by atoms with Crippen molar-refractivity contribution in [1.29, 1.82) is 0 Å². The molecule has 27 heavy (non-hydrogen) atoms. The van der Waals surface area contributed by atoms with Crippen LogP contribution in [0.15, 0.2) is 47.7 Å². The number of nitrogens with zero attached hydrogens (tertiary/aromatic N) is 1. The van der Waals surface area contributed by atoms with E-state index in [-0.39, 0.29) is 18.9 Å². The van der Waals surface area contributed by atoms with Crippen molar-refractivity contribution in [1.82, 2.24) is 10.2 Å². The maximum absolute atomic E-state index is 10.2. The van der Waals surface area contributed by atoms with Crippen LogP contribution in [0, 0.1) is 5.92 Å². The zero-order chi connectivity index (χ0) is 18.4. The second-order valence-electron chi connectivity index (χ2n) is 7.20. The summed E-state index contributed by atoms with van der Waals surface area (Å²) in [6.45, 7) is 6.15. The number of ether oxygens (including phenoxy) is 1. The van der Waals surface area contributed by atoms with Crippen LogP contribution in [0.4, 0.5) is 5.69 Å². The number of likely N-dealkylation sites (tertiary alicyclic amines) is 1. The fraction of sp³-hybridized carbons (Fsp3) is 0.476. The quantitative estimate of drug-likeness (QED) is 0.345. The maximum Gasteiger partial charge on any atom is 1.00 e. The van der Waals surface area contributed by atoms with Gasteiger partial charge < -0.3 is 26.0 Å². The first-order chi connectivity index (χ1) is 12.6. The van der Waals surface area contributed by atoms with Crippen molar-refractivity contribution in [3.05, 3.63) is 59.2 Å². The van der Waals surface area contributed by atoms with Crippen LogP contribution in [0.3, 0.4) is 0 Å². The number of aliphatic hydroxyl groups excluding tert-OH is 1. The topological polar surface area (TPSA) is 56.8 Å². The van der Waals surface area contributed by atoms with Crippen LogP contribution in [-0.4, -0.2) is 43.1 Å². The van der Waals surface area contributed by atoms with Gasteiger partial charge in [-0.1, -0.05) is 23.8 Å². The zero-order valence-electron chi connectivity index (χ0n) is 16.8. The first-order valence-corrected chi connectivity index (χ1v) is 9.35. The number of benzene rings is 1. The first-order valence-electron chi connectivity index (χ1n) is 9.35. The molecule has 1 aromatic carbocycles. The summed E-state index contributed by atoms with van der Waals surface area (Å²) in [6, 6.07) is 8.31. The molecule has 0 bridgehead atoms. The predicted molar refractivity (Wildman–Crippen MR) is 105 cm³/mol. The van der Waals surface area contributed by atoms with Crippen LogP contribution in [0.2, 0.25) is 0 Å². The number of hydrogen-bond donors (Lipinski definition) is 3. The summed E-state index contributed by atoms with van der Waals surface area (Å²) >= 11 is 0. The van der Waals surface area contributed by atoms with Gasteiger partial charge >= 0.3 is 18.9 Å². The normalized spacial score (nSPS) is 19.1. The van der Waals surface area contributed by atoms with E-state index < -0.39 is 6.35 Å². The van der Waals surface area contributed by atoms with E-state index in [9.17, 15) is 5.11 Å². The summed E-state index contributed by atoms with van der Waals surface area (Å²) in [7, 11) is 1.70. The summed E-state index contributed by atoms with van der Waals surface area (Å²) in [5, 5.41) is 16.4. The minimum absolute atomic E-state index is 0. The van der Waals surface area contributed by atoms with Gasteiger partial charge in [0, 0.05) is 25.2 Å². The van der Waals surface area contributed by atoms with Gasteiger partial charge in [-0.3, -0.25) is 5.32 Å². The molecule has 0 amide bonds. The Balaban J connectivity index is 0.00000261. The molecule has 1 heterocycles. The van der Waals surface area contributed by atoms with E-state index in [2.05, 4.69) is 40.7 Å². The molecule has 5 nitrogen and oxygen atoms in total. The van der Waals surface area contributed by atoms with E-state index in [0.29, 0.717) is 6.54 Å². The second kappa shape index (κ2) is 10.9. The number of rotatable bonds is 8. The fourth-order valence-electron chi connectivity index (χ4n) is 3.40. The van der Waals surface area contributed by atoms with Crippen LogP contribution >= 0.6 is 0 Å². The molecule has 0 aromatic heterocycles. The summed E-state index contributed by atoms with van der Waals surface area (Å²) in [5.41, 5.74) is 3.48. The molecule has 1 aliphatic heterocycles. The smallest absolute Gasteiger partial charge is 0.501 e. The van der Waals surface area contributed by atoms with Crippen LogP contribution in [0.5, 0.6) is 0 Å². The Morgan fingerprint density at radius 1 is 1.22 bits per heavy atom. The van der Waals surface area contributed by atoms with Gasteiger partial charge in [0.25, 0.3) is 0 Å². The molecule has 1 unspecified atom stereocenters. The van der Waals surface area contributed by atoms with Crippen molar-refractivity contribution in [3.63, 3.8) is 0 Å². The van der Waals surface area contributed by atoms with Crippen molar-refractivity contribution in [2.75, 3.05) is 32.1 Å². The SMILES string of the molecule is COC1=CC=C(CNC(O)Nc2ccc(CN3CC[C-](C)C3)cc2)CC1.[Li+]. The Morgan fingerprint density at radius 2 is 2.00 bits per heavy atom. The predicted octanol–water partition coefficient (Wildman–Crippen LogP) is 0.0186. The Bertz CT molecular complexity index is 645. The van der Waals surface area contributed by atoms with Gasteiger partial charge in [0.2, 0.25) is 0 Å². The molecule has 0 saturated carbocycles. The molecule has 1 fully saturated rings. The molecule has 1 aromatic rings. The monoisotopic (exact) mass is 363 g/mol. The van der Waals surface area contributed by atoms with E-state index in [0.717, 1.165) is 43.9 Å². The third-order valence-corrected chi connectivity index (χ3v) is 4.99. The maximum atomic E-state index is 10.2. The Hall–Kier alpha value is -1.22. The van der Waals surface area contributed by atoms with Crippen LogP contribution in [0.25, 0.3) is 0 Å². The van der Waals surface area contributed by atoms with E-state index in [1.807, 2.05) is 18.2 Å². The molecule has 1 aliphatic carbocycles. The molecule has 3 N–H and O–H groups in total. The van der Waals surface area contributed by atoms with Crippen molar-refractivity contribution in [3.8, 4) is 0 Å². The molecule has 3 rings (SSSR count). The Morgan fingerprint density at radius 3 is 2.59 bits per heavy atom. The molecule has 2 aliphatic rings. The number of hydrogen-bond acceptors (Lipinski definition) is 5. The van der Waals surface area contributed by atoms with E-state index >= 15 is 0 Å². The van der Waals surface area contributed by atoms with Gasteiger partial charge in [0.05, 0.1) is 12.9 Å². The third kappa shape index (κ3) is 7.02. The summed E-state index contributed by atoms with van der Waals surface area (Å²) in [6.07, 6.45) is 6.39. The van der Waals surface area contributed by atoms with Crippen molar-refractivity contribution >= 4 is 5.69 Å². The molecule has 1 atom stereocenters. The molecular formula is C21H30LiN3O2. The average molecular weight is 363 g/mol. The van der Waals surface area contributed by atoms with Gasteiger partial charge in [-0.2, -0.15) is 13.3 Å². The van der Waals surface area contributed by atoms with Crippen molar-refractivity contribution in [2.45, 2.75) is 39.1 Å². The van der Waals surface area contributed by atoms with Gasteiger partial charge in [-0.15, -0.1) is 6.54 Å². The zero-order valence-corrected chi connectivity index (χ0v) is 16.8. The van der Waals surface area contributed by atoms with Crippen molar-refractivity contribution < 1.29 is 28.7 Å². The van der Waals surface area contributed by atoms with Crippen LogP contribution < -0.4 is 29.5 Å². The van der Waals surface area contributed by atoms with Gasteiger partial charge in [-0.25, -0.2) is 0 Å². The van der Waals surface area contributed by atoms with Gasteiger partial charge in [-0.05, 0) is 36.7 Å². The number of allylic oxidation sites excluding steroid dienone is 3. The second-order valence-corrected chi connectivity index (χ2v) is 7.20. The first kappa shape index (κ1) is 22.1. The van der Waals surface area contributed by atoms with Crippen LogP contribution in [0.1, 0.15) is 31.7 Å². The van der Waals surface area contributed by atoms with Gasteiger partial charge in [0.1, 0.15) is 0 Å². The summed E-state index contributed by atoms with van der Waals surface area (Å²) < 4.78 is 5.23. The summed E-state index contributed by atoms with van der Waals surface area (Å²) in [4.78, 5) is 2.47. The third-order valence-electron chi connectivity index (χ3n) is 4.99. The van der Waals surface area contributed by atoms with Crippen LogP contribution in [-0.2, 0) is 11.3 Å². The molecular weight excluding hydrogens is 333 g/mol. The largest absolute Gasteiger partial charge is 1.00 e. The molecule has 0 spiro atoms.